The molecule has 2 N–H and O–H groups in total. The second-order valence-corrected chi connectivity index (χ2v) is 5.86. The first-order valence-corrected chi connectivity index (χ1v) is 7.46. The minimum absolute atomic E-state index is 0.0905. The number of amides is 1. The van der Waals surface area contributed by atoms with Crippen LogP contribution in [0, 0.1) is 6.92 Å². The number of benzene rings is 1. The summed E-state index contributed by atoms with van der Waals surface area (Å²) in [5.74, 6) is -0.273. The number of ether oxygens (including phenoxy) is 2. The molecule has 3 rings (SSSR count). The zero-order valence-corrected chi connectivity index (χ0v) is 12.2. The van der Waals surface area contributed by atoms with Crippen LogP contribution in [0.5, 0.6) is 5.75 Å². The van der Waals surface area contributed by atoms with E-state index >= 15 is 0 Å². The normalized spacial score (nSPS) is 21.6. The van der Waals surface area contributed by atoms with Crippen LogP contribution >= 0.6 is 0 Å². The Balaban J connectivity index is 1.57. The van der Waals surface area contributed by atoms with Crippen molar-refractivity contribution in [1.82, 2.24) is 5.32 Å². The highest BCUT2D eigenvalue weighted by Gasteiger charge is 2.40. The summed E-state index contributed by atoms with van der Waals surface area (Å²) in [6, 6.07) is 5.06. The monoisotopic (exact) mass is 291 g/mol. The summed E-state index contributed by atoms with van der Waals surface area (Å²) >= 11 is 0. The van der Waals surface area contributed by atoms with Crippen LogP contribution in [0.1, 0.15) is 41.6 Å². The molecule has 1 aliphatic heterocycles. The summed E-state index contributed by atoms with van der Waals surface area (Å²) in [6.45, 7) is 3.12. The summed E-state index contributed by atoms with van der Waals surface area (Å²) < 4.78 is 11.4. The largest absolute Gasteiger partial charge is 0.508 e. The van der Waals surface area contributed by atoms with Crippen molar-refractivity contribution >= 4 is 5.91 Å². The van der Waals surface area contributed by atoms with Crippen molar-refractivity contribution in [2.75, 3.05) is 13.2 Å². The molecular formula is C16H21NO4. The molecule has 5 heteroatoms. The summed E-state index contributed by atoms with van der Waals surface area (Å²) in [6.07, 6.45) is 3.38. The van der Waals surface area contributed by atoms with Crippen molar-refractivity contribution in [3.8, 4) is 5.75 Å². The number of phenolic OH excluding ortho intramolecular Hbond substituents is 1. The van der Waals surface area contributed by atoms with Crippen molar-refractivity contribution < 1.29 is 19.4 Å². The smallest absolute Gasteiger partial charge is 0.251 e. The molecule has 1 heterocycles. The van der Waals surface area contributed by atoms with Gasteiger partial charge in [-0.25, -0.2) is 0 Å². The average molecular weight is 291 g/mol. The predicted molar refractivity (Wildman–Crippen MR) is 77.2 cm³/mol. The van der Waals surface area contributed by atoms with Crippen LogP contribution in [0.2, 0.25) is 0 Å². The van der Waals surface area contributed by atoms with E-state index in [1.807, 2.05) is 0 Å². The van der Waals surface area contributed by atoms with Gasteiger partial charge in [-0.3, -0.25) is 4.79 Å². The van der Waals surface area contributed by atoms with E-state index in [1.54, 1.807) is 25.1 Å². The fourth-order valence-electron chi connectivity index (χ4n) is 3.05. The Labute approximate surface area is 124 Å². The van der Waals surface area contributed by atoms with Gasteiger partial charge in [-0.2, -0.15) is 0 Å². The Bertz CT molecular complexity index is 527. The minimum Gasteiger partial charge on any atom is -0.508 e. The molecule has 0 unspecified atom stereocenters. The van der Waals surface area contributed by atoms with Crippen LogP contribution in [0.15, 0.2) is 18.2 Å². The molecule has 0 atom stereocenters. The second kappa shape index (κ2) is 5.66. The Kier molecular flexibility index (Phi) is 3.87. The van der Waals surface area contributed by atoms with Gasteiger partial charge in [0.05, 0.1) is 13.2 Å². The molecule has 1 saturated heterocycles. The molecule has 1 aromatic rings. The fourth-order valence-corrected chi connectivity index (χ4v) is 3.05. The van der Waals surface area contributed by atoms with Gasteiger partial charge in [0.25, 0.3) is 5.91 Å². The molecule has 1 saturated carbocycles. The number of aromatic hydroxyl groups is 1. The predicted octanol–water partition coefficient (Wildman–Crippen LogP) is 2.12. The number of carbonyl (C=O) groups is 1. The van der Waals surface area contributed by atoms with Gasteiger partial charge in [0.1, 0.15) is 5.75 Å². The lowest BCUT2D eigenvalue weighted by Gasteiger charge is -2.35. The zero-order chi connectivity index (χ0) is 14.9. The van der Waals surface area contributed by atoms with Crippen LogP contribution in [-0.2, 0) is 9.47 Å². The molecule has 1 aromatic carbocycles. The zero-order valence-electron chi connectivity index (χ0n) is 12.2. The SMILES string of the molecule is Cc1cc(C(=O)NC2CCC3(CC2)OCCO3)ccc1O. The van der Waals surface area contributed by atoms with Gasteiger partial charge in [-0.15, -0.1) is 0 Å². The lowest BCUT2D eigenvalue weighted by Crippen LogP contribution is -2.44. The number of phenols is 1. The highest BCUT2D eigenvalue weighted by molar-refractivity contribution is 5.94. The van der Waals surface area contributed by atoms with Gasteiger partial charge in [-0.05, 0) is 43.5 Å². The van der Waals surface area contributed by atoms with E-state index in [0.717, 1.165) is 25.7 Å². The third-order valence-corrected chi connectivity index (χ3v) is 4.36. The van der Waals surface area contributed by atoms with Gasteiger partial charge >= 0.3 is 0 Å². The molecule has 5 nitrogen and oxygen atoms in total. The van der Waals surface area contributed by atoms with Gasteiger partial charge in [0.2, 0.25) is 0 Å². The van der Waals surface area contributed by atoms with Crippen molar-refractivity contribution in [3.63, 3.8) is 0 Å². The van der Waals surface area contributed by atoms with Crippen LogP contribution in [0.3, 0.4) is 0 Å². The number of carbonyl (C=O) groups excluding carboxylic acids is 1. The van der Waals surface area contributed by atoms with Crippen molar-refractivity contribution in [2.24, 2.45) is 0 Å². The maximum Gasteiger partial charge on any atom is 0.251 e. The minimum atomic E-state index is -0.393. The molecule has 0 aromatic heterocycles. The molecule has 2 fully saturated rings. The van der Waals surface area contributed by atoms with E-state index in [-0.39, 0.29) is 17.7 Å². The third-order valence-electron chi connectivity index (χ3n) is 4.36. The lowest BCUT2D eigenvalue weighted by molar-refractivity contribution is -0.179. The Morgan fingerprint density at radius 3 is 2.57 bits per heavy atom. The number of aryl methyl sites for hydroxylation is 1. The van der Waals surface area contributed by atoms with Crippen molar-refractivity contribution in [3.05, 3.63) is 29.3 Å². The first-order chi connectivity index (χ1) is 10.1. The first kappa shape index (κ1) is 14.4. The Hall–Kier alpha value is -1.59. The van der Waals surface area contributed by atoms with Crippen molar-refractivity contribution in [2.45, 2.75) is 44.4 Å². The second-order valence-electron chi connectivity index (χ2n) is 5.86. The van der Waals surface area contributed by atoms with Gasteiger partial charge in [-0.1, -0.05) is 0 Å². The van der Waals surface area contributed by atoms with Gasteiger partial charge in [0.15, 0.2) is 5.79 Å². The molecule has 1 amide bonds. The quantitative estimate of drug-likeness (QED) is 0.876. The van der Waals surface area contributed by atoms with Crippen LogP contribution in [-0.4, -0.2) is 36.1 Å². The maximum atomic E-state index is 12.2. The maximum absolute atomic E-state index is 12.2. The van der Waals surface area contributed by atoms with Gasteiger partial charge in [0, 0.05) is 24.4 Å². The number of rotatable bonds is 2. The van der Waals surface area contributed by atoms with E-state index in [0.29, 0.717) is 24.3 Å². The number of nitrogens with one attached hydrogen (secondary N) is 1. The number of hydrogen-bond acceptors (Lipinski definition) is 4. The number of hydrogen-bond donors (Lipinski definition) is 2. The fraction of sp³-hybridized carbons (Fsp3) is 0.562. The van der Waals surface area contributed by atoms with E-state index in [4.69, 9.17) is 9.47 Å². The molecule has 1 spiro atoms. The molecular weight excluding hydrogens is 270 g/mol. The Morgan fingerprint density at radius 1 is 1.29 bits per heavy atom. The standard InChI is InChI=1S/C16H21NO4/c1-11-10-12(2-3-14(11)18)15(19)17-13-4-6-16(7-5-13)20-8-9-21-16/h2-3,10,13,18H,4-9H2,1H3,(H,17,19). The summed E-state index contributed by atoms with van der Waals surface area (Å²) in [5, 5.41) is 12.6. The summed E-state index contributed by atoms with van der Waals surface area (Å²) in [7, 11) is 0. The van der Waals surface area contributed by atoms with E-state index in [9.17, 15) is 9.90 Å². The van der Waals surface area contributed by atoms with E-state index < -0.39 is 5.79 Å². The van der Waals surface area contributed by atoms with Crippen molar-refractivity contribution in [1.29, 1.82) is 0 Å². The molecule has 1 aliphatic carbocycles. The molecule has 21 heavy (non-hydrogen) atoms. The van der Waals surface area contributed by atoms with Crippen LogP contribution in [0.4, 0.5) is 0 Å². The highest BCUT2D eigenvalue weighted by Crippen LogP contribution is 2.35. The Morgan fingerprint density at radius 2 is 1.95 bits per heavy atom. The van der Waals surface area contributed by atoms with Gasteiger partial charge < -0.3 is 19.9 Å². The van der Waals surface area contributed by atoms with Crippen LogP contribution < -0.4 is 5.32 Å². The molecule has 0 radical (unpaired) electrons. The highest BCUT2D eigenvalue weighted by atomic mass is 16.7. The molecule has 0 bridgehead atoms. The van der Waals surface area contributed by atoms with E-state index in [2.05, 4.69) is 5.32 Å². The third kappa shape index (κ3) is 3.04. The first-order valence-electron chi connectivity index (χ1n) is 7.46. The van der Waals surface area contributed by atoms with Crippen LogP contribution in [0.25, 0.3) is 0 Å². The molecule has 114 valence electrons. The molecule has 2 aliphatic rings. The topological polar surface area (TPSA) is 67.8 Å². The summed E-state index contributed by atoms with van der Waals surface area (Å²) in [4.78, 5) is 12.2. The average Bonchev–Trinajstić information content (AvgIpc) is 2.93. The lowest BCUT2D eigenvalue weighted by atomic mass is 9.90. The summed E-state index contributed by atoms with van der Waals surface area (Å²) in [5.41, 5.74) is 1.29. The van der Waals surface area contributed by atoms with E-state index in [1.165, 1.54) is 0 Å².